The molecule has 0 radical (unpaired) electrons. The van der Waals surface area contributed by atoms with Crippen LogP contribution in [0.4, 0.5) is 0 Å². The number of carbonyl (C=O) groups excluding carboxylic acids is 3. The Hall–Kier alpha value is 0.246. The molecular formula is C5H5KO5. The van der Waals surface area contributed by atoms with E-state index in [0.29, 0.717) is 6.29 Å². The van der Waals surface area contributed by atoms with Gasteiger partial charge in [-0.3, -0.25) is 9.59 Å². The van der Waals surface area contributed by atoms with Crippen molar-refractivity contribution in [2.24, 2.45) is 0 Å². The Balaban J connectivity index is 0. The van der Waals surface area contributed by atoms with E-state index in [1.54, 1.807) is 0 Å². The molecule has 0 amide bonds. The molecule has 0 aliphatic rings. The molecule has 0 aliphatic carbocycles. The third kappa shape index (κ3) is 10.2. The van der Waals surface area contributed by atoms with Crippen LogP contribution in [-0.4, -0.2) is 24.8 Å². The summed E-state index contributed by atoms with van der Waals surface area (Å²) in [6.07, 6.45) is -0.457. The summed E-state index contributed by atoms with van der Waals surface area (Å²) >= 11 is 0. The normalized spacial score (nSPS) is 7.64. The first-order valence-electron chi connectivity index (χ1n) is 2.46. The molecule has 6 heteroatoms. The smallest absolute Gasteiger partial charge is 0.550 e. The van der Waals surface area contributed by atoms with Crippen LogP contribution in [0, 0.1) is 0 Å². The van der Waals surface area contributed by atoms with Crippen molar-refractivity contribution in [1.29, 1.82) is 0 Å². The van der Waals surface area contributed by atoms with Gasteiger partial charge in [0.25, 0.3) is 0 Å². The van der Waals surface area contributed by atoms with Crippen molar-refractivity contribution < 1.29 is 75.6 Å². The van der Waals surface area contributed by atoms with Gasteiger partial charge in [0.1, 0.15) is 6.61 Å². The van der Waals surface area contributed by atoms with Crippen molar-refractivity contribution in [3.05, 3.63) is 0 Å². The van der Waals surface area contributed by atoms with Crippen LogP contribution in [0.2, 0.25) is 0 Å². The van der Waals surface area contributed by atoms with E-state index in [-0.39, 0.29) is 51.4 Å². The molecule has 5 nitrogen and oxygen atoms in total. The Morgan fingerprint density at radius 2 is 2.00 bits per heavy atom. The number of carboxylic acids is 1. The average Bonchev–Trinajstić information content (AvgIpc) is 1.82. The average molecular weight is 184 g/mol. The fraction of sp³-hybridized carbons (Fsp3) is 0.400. The zero-order chi connectivity index (χ0) is 7.98. The molecule has 0 aromatic heterocycles. The van der Waals surface area contributed by atoms with Gasteiger partial charge in [-0.15, -0.1) is 0 Å². The summed E-state index contributed by atoms with van der Waals surface area (Å²) in [5.41, 5.74) is 0. The second-order valence-corrected chi connectivity index (χ2v) is 1.40. The third-order valence-electron chi connectivity index (χ3n) is 0.601. The predicted octanol–water partition coefficient (Wildman–Crippen LogP) is -5.13. The minimum atomic E-state index is -1.52. The first-order chi connectivity index (χ1) is 4.66. The number of carbonyl (C=O) groups is 3. The molecule has 56 valence electrons. The second kappa shape index (κ2) is 8.34. The summed E-state index contributed by atoms with van der Waals surface area (Å²) in [5, 5.41) is 9.67. The molecule has 0 rings (SSSR count). The summed E-state index contributed by atoms with van der Waals surface area (Å²) in [6.45, 7) is -0.411. The van der Waals surface area contributed by atoms with Crippen molar-refractivity contribution in [2.75, 3.05) is 6.61 Å². The van der Waals surface area contributed by atoms with E-state index in [2.05, 4.69) is 4.74 Å². The number of aliphatic carboxylic acids is 1. The van der Waals surface area contributed by atoms with E-state index in [0.717, 1.165) is 0 Å². The molecular weight excluding hydrogens is 179 g/mol. The number of carboxylic acid groups (broad SMARTS) is 1. The van der Waals surface area contributed by atoms with E-state index >= 15 is 0 Å². The van der Waals surface area contributed by atoms with Crippen LogP contribution in [0.3, 0.4) is 0 Å². The maximum atomic E-state index is 10.2. The number of hydrogen-bond donors (Lipinski definition) is 0. The molecule has 0 heterocycles. The zero-order valence-corrected chi connectivity index (χ0v) is 9.16. The first kappa shape index (κ1) is 13.8. The van der Waals surface area contributed by atoms with E-state index < -0.39 is 25.0 Å². The molecule has 0 aromatic carbocycles. The minimum Gasteiger partial charge on any atom is -0.550 e. The first-order valence-corrected chi connectivity index (χ1v) is 2.46. The molecule has 0 fully saturated rings. The van der Waals surface area contributed by atoms with Crippen molar-refractivity contribution in [3.8, 4) is 0 Å². The Kier molecular flexibility index (Phi) is 10.5. The molecule has 0 aliphatic heterocycles. The van der Waals surface area contributed by atoms with Crippen LogP contribution in [0.15, 0.2) is 0 Å². The summed E-state index contributed by atoms with van der Waals surface area (Å²) in [7, 11) is 0. The van der Waals surface area contributed by atoms with E-state index in [4.69, 9.17) is 0 Å². The molecule has 0 N–H and O–H groups in total. The zero-order valence-electron chi connectivity index (χ0n) is 6.03. The van der Waals surface area contributed by atoms with Gasteiger partial charge in [0.15, 0.2) is 6.29 Å². The number of aldehydes is 1. The van der Waals surface area contributed by atoms with Crippen molar-refractivity contribution in [1.82, 2.24) is 0 Å². The Labute approximate surface area is 106 Å². The molecule has 0 bridgehead atoms. The van der Waals surface area contributed by atoms with Crippen LogP contribution >= 0.6 is 0 Å². The molecule has 0 saturated carbocycles. The SMILES string of the molecule is O=CCOC(=O)CC(=O)[O-].[K+]. The van der Waals surface area contributed by atoms with Gasteiger partial charge in [0, 0.05) is 0 Å². The summed E-state index contributed by atoms with van der Waals surface area (Å²) < 4.78 is 4.07. The summed E-state index contributed by atoms with van der Waals surface area (Å²) in [5.74, 6) is -2.48. The number of ether oxygens (including phenoxy) is 1. The topological polar surface area (TPSA) is 83.5 Å². The fourth-order valence-electron chi connectivity index (χ4n) is 0.296. The Morgan fingerprint density at radius 3 is 2.36 bits per heavy atom. The van der Waals surface area contributed by atoms with E-state index in [9.17, 15) is 19.5 Å². The second-order valence-electron chi connectivity index (χ2n) is 1.40. The van der Waals surface area contributed by atoms with Crippen LogP contribution in [0.25, 0.3) is 0 Å². The van der Waals surface area contributed by atoms with E-state index in [1.807, 2.05) is 0 Å². The summed E-state index contributed by atoms with van der Waals surface area (Å²) in [4.78, 5) is 29.4. The van der Waals surface area contributed by atoms with Crippen LogP contribution in [0.5, 0.6) is 0 Å². The van der Waals surface area contributed by atoms with Gasteiger partial charge in [0.05, 0.1) is 12.4 Å². The molecule has 0 unspecified atom stereocenters. The minimum absolute atomic E-state index is 0. The molecule has 0 spiro atoms. The monoisotopic (exact) mass is 184 g/mol. The molecule has 0 saturated heterocycles. The van der Waals surface area contributed by atoms with Gasteiger partial charge in [0.2, 0.25) is 0 Å². The van der Waals surface area contributed by atoms with Gasteiger partial charge in [-0.2, -0.15) is 0 Å². The number of esters is 1. The van der Waals surface area contributed by atoms with Gasteiger partial charge in [-0.1, -0.05) is 0 Å². The largest absolute Gasteiger partial charge is 1.00 e. The summed E-state index contributed by atoms with van der Waals surface area (Å²) in [6, 6.07) is 0. The quantitative estimate of drug-likeness (QED) is 0.189. The van der Waals surface area contributed by atoms with Crippen molar-refractivity contribution in [3.63, 3.8) is 0 Å². The van der Waals surface area contributed by atoms with Gasteiger partial charge in [-0.05, 0) is 0 Å². The fourth-order valence-corrected chi connectivity index (χ4v) is 0.296. The maximum absolute atomic E-state index is 10.2. The molecule has 0 aromatic rings. The van der Waals surface area contributed by atoms with Crippen LogP contribution in [-0.2, 0) is 19.1 Å². The van der Waals surface area contributed by atoms with Crippen molar-refractivity contribution in [2.45, 2.75) is 6.42 Å². The van der Waals surface area contributed by atoms with Crippen molar-refractivity contribution >= 4 is 18.2 Å². The third-order valence-corrected chi connectivity index (χ3v) is 0.601. The predicted molar refractivity (Wildman–Crippen MR) is 26.6 cm³/mol. The number of rotatable bonds is 4. The number of hydrogen-bond acceptors (Lipinski definition) is 5. The standard InChI is InChI=1S/C5H6O5.K/c6-1-2-10-5(9)3-4(7)8;/h1H,2-3H2,(H,7,8);/q;+1/p-1. The Bertz CT molecular complexity index is 155. The molecule has 11 heavy (non-hydrogen) atoms. The van der Waals surface area contributed by atoms with Gasteiger partial charge in [-0.25, -0.2) is 0 Å². The van der Waals surface area contributed by atoms with Crippen LogP contribution in [0.1, 0.15) is 6.42 Å². The van der Waals surface area contributed by atoms with Crippen LogP contribution < -0.4 is 56.5 Å². The van der Waals surface area contributed by atoms with Gasteiger partial charge >= 0.3 is 57.4 Å². The van der Waals surface area contributed by atoms with E-state index in [1.165, 1.54) is 0 Å². The van der Waals surface area contributed by atoms with Gasteiger partial charge < -0.3 is 14.6 Å². The maximum Gasteiger partial charge on any atom is 1.00 e. The molecule has 0 atom stereocenters. The Morgan fingerprint density at radius 1 is 1.45 bits per heavy atom.